The highest BCUT2D eigenvalue weighted by Gasteiger charge is 2.27. The van der Waals surface area contributed by atoms with Crippen molar-refractivity contribution in [3.8, 4) is 0 Å². The molecule has 4 heteroatoms. The molecule has 100 valence electrons. The standard InChI is InChI=1S/C14H19Cl2NS/c1-2-8-17-12-4-3-5-13(12)18-14-9-10(15)6-7-11(14)16/h6-7,9,12-13,17H,2-5,8H2,1H3. The Morgan fingerprint density at radius 3 is 2.94 bits per heavy atom. The van der Waals surface area contributed by atoms with Crippen LogP contribution in [0.15, 0.2) is 23.1 Å². The highest BCUT2D eigenvalue weighted by atomic mass is 35.5. The van der Waals surface area contributed by atoms with Gasteiger partial charge in [-0.2, -0.15) is 0 Å². The summed E-state index contributed by atoms with van der Waals surface area (Å²) in [4.78, 5) is 1.11. The third-order valence-corrected chi connectivity index (χ3v) is 5.42. The summed E-state index contributed by atoms with van der Waals surface area (Å²) in [6, 6.07) is 6.32. The van der Waals surface area contributed by atoms with Gasteiger partial charge in [0.25, 0.3) is 0 Å². The first-order valence-corrected chi connectivity index (χ1v) is 8.19. The Morgan fingerprint density at radius 2 is 2.17 bits per heavy atom. The van der Waals surface area contributed by atoms with Gasteiger partial charge in [0, 0.05) is 21.2 Å². The molecular weight excluding hydrogens is 285 g/mol. The summed E-state index contributed by atoms with van der Waals surface area (Å²) in [5, 5.41) is 5.83. The Bertz CT molecular complexity index is 397. The van der Waals surface area contributed by atoms with E-state index in [1.165, 1.54) is 25.7 Å². The van der Waals surface area contributed by atoms with Crippen molar-refractivity contribution in [3.63, 3.8) is 0 Å². The van der Waals surface area contributed by atoms with Crippen LogP contribution in [0.25, 0.3) is 0 Å². The van der Waals surface area contributed by atoms with E-state index in [4.69, 9.17) is 23.2 Å². The molecule has 0 radical (unpaired) electrons. The summed E-state index contributed by atoms with van der Waals surface area (Å²) < 4.78 is 0. The molecule has 1 aliphatic carbocycles. The van der Waals surface area contributed by atoms with E-state index in [0.717, 1.165) is 21.5 Å². The molecule has 2 atom stereocenters. The molecule has 0 bridgehead atoms. The molecule has 1 aliphatic rings. The van der Waals surface area contributed by atoms with Crippen molar-refractivity contribution < 1.29 is 0 Å². The average Bonchev–Trinajstić information content (AvgIpc) is 2.79. The molecule has 2 unspecified atom stereocenters. The molecule has 1 saturated carbocycles. The summed E-state index contributed by atoms with van der Waals surface area (Å²) >= 11 is 14.1. The van der Waals surface area contributed by atoms with Crippen LogP contribution in [0.2, 0.25) is 10.0 Å². The van der Waals surface area contributed by atoms with Crippen molar-refractivity contribution in [3.05, 3.63) is 28.2 Å². The van der Waals surface area contributed by atoms with Gasteiger partial charge in [-0.05, 0) is 44.0 Å². The molecule has 0 spiro atoms. The van der Waals surface area contributed by atoms with Crippen LogP contribution in [-0.2, 0) is 0 Å². The lowest BCUT2D eigenvalue weighted by Crippen LogP contribution is -2.34. The van der Waals surface area contributed by atoms with E-state index in [0.29, 0.717) is 11.3 Å². The number of rotatable bonds is 5. The lowest BCUT2D eigenvalue weighted by Gasteiger charge is -2.21. The van der Waals surface area contributed by atoms with Crippen LogP contribution < -0.4 is 5.32 Å². The molecule has 1 aromatic carbocycles. The second kappa shape index (κ2) is 7.04. The van der Waals surface area contributed by atoms with Crippen LogP contribution in [0, 0.1) is 0 Å². The van der Waals surface area contributed by atoms with Gasteiger partial charge in [0.2, 0.25) is 0 Å². The third-order valence-electron chi connectivity index (χ3n) is 3.28. The molecule has 0 amide bonds. The largest absolute Gasteiger partial charge is 0.313 e. The van der Waals surface area contributed by atoms with Gasteiger partial charge in [-0.25, -0.2) is 0 Å². The molecule has 1 fully saturated rings. The number of thioether (sulfide) groups is 1. The van der Waals surface area contributed by atoms with Gasteiger partial charge in [0.05, 0.1) is 5.02 Å². The number of benzene rings is 1. The third kappa shape index (κ3) is 3.80. The maximum Gasteiger partial charge on any atom is 0.0543 e. The Kier molecular flexibility index (Phi) is 5.68. The van der Waals surface area contributed by atoms with Crippen LogP contribution in [0.1, 0.15) is 32.6 Å². The van der Waals surface area contributed by atoms with Crippen LogP contribution in [0.4, 0.5) is 0 Å². The van der Waals surface area contributed by atoms with Crippen LogP contribution in [-0.4, -0.2) is 17.8 Å². The molecular formula is C14H19Cl2NS. The van der Waals surface area contributed by atoms with Gasteiger partial charge in [0.15, 0.2) is 0 Å². The summed E-state index contributed by atoms with van der Waals surface area (Å²) in [5.41, 5.74) is 0. The van der Waals surface area contributed by atoms with Crippen LogP contribution in [0.3, 0.4) is 0 Å². The Hall–Kier alpha value is 0.110. The highest BCUT2D eigenvalue weighted by Crippen LogP contribution is 2.39. The molecule has 18 heavy (non-hydrogen) atoms. The summed E-state index contributed by atoms with van der Waals surface area (Å²) in [7, 11) is 0. The lowest BCUT2D eigenvalue weighted by molar-refractivity contribution is 0.531. The Morgan fingerprint density at radius 1 is 1.33 bits per heavy atom. The predicted octanol–water partition coefficient (Wildman–Crippen LogP) is 5.01. The predicted molar refractivity (Wildman–Crippen MR) is 82.0 cm³/mol. The van der Waals surface area contributed by atoms with Gasteiger partial charge in [-0.15, -0.1) is 11.8 Å². The maximum atomic E-state index is 6.23. The van der Waals surface area contributed by atoms with Crippen molar-refractivity contribution in [2.75, 3.05) is 6.54 Å². The number of halogens is 2. The van der Waals surface area contributed by atoms with Gasteiger partial charge in [-0.1, -0.05) is 36.5 Å². The Labute approximate surface area is 124 Å². The Balaban J connectivity index is 2.01. The zero-order chi connectivity index (χ0) is 13.0. The van der Waals surface area contributed by atoms with Crippen molar-refractivity contribution in [2.24, 2.45) is 0 Å². The smallest absolute Gasteiger partial charge is 0.0543 e. The fourth-order valence-electron chi connectivity index (χ4n) is 2.36. The lowest BCUT2D eigenvalue weighted by atomic mass is 10.2. The molecule has 1 nitrogen and oxygen atoms in total. The van der Waals surface area contributed by atoms with E-state index >= 15 is 0 Å². The molecule has 2 rings (SSSR count). The second-order valence-corrected chi connectivity index (χ2v) is 6.85. The van der Waals surface area contributed by atoms with Gasteiger partial charge >= 0.3 is 0 Å². The number of hydrogen-bond acceptors (Lipinski definition) is 2. The molecule has 0 aliphatic heterocycles. The first-order valence-electron chi connectivity index (χ1n) is 6.55. The van der Waals surface area contributed by atoms with Crippen molar-refractivity contribution in [1.29, 1.82) is 0 Å². The minimum absolute atomic E-state index is 0.616. The van der Waals surface area contributed by atoms with E-state index in [2.05, 4.69) is 12.2 Å². The molecule has 1 N–H and O–H groups in total. The summed E-state index contributed by atoms with van der Waals surface area (Å²) in [6.07, 6.45) is 5.02. The van der Waals surface area contributed by atoms with E-state index in [1.807, 2.05) is 30.0 Å². The monoisotopic (exact) mass is 303 g/mol. The first kappa shape index (κ1) is 14.5. The molecule has 0 heterocycles. The normalized spacial score (nSPS) is 23.5. The minimum Gasteiger partial charge on any atom is -0.313 e. The quantitative estimate of drug-likeness (QED) is 0.821. The minimum atomic E-state index is 0.616. The average molecular weight is 304 g/mol. The molecule has 0 aromatic heterocycles. The van der Waals surface area contributed by atoms with Crippen molar-refractivity contribution in [1.82, 2.24) is 5.32 Å². The van der Waals surface area contributed by atoms with Gasteiger partial charge in [0.1, 0.15) is 0 Å². The van der Waals surface area contributed by atoms with Crippen molar-refractivity contribution >= 4 is 35.0 Å². The fraction of sp³-hybridized carbons (Fsp3) is 0.571. The van der Waals surface area contributed by atoms with Crippen LogP contribution >= 0.6 is 35.0 Å². The van der Waals surface area contributed by atoms with E-state index in [9.17, 15) is 0 Å². The SMILES string of the molecule is CCCNC1CCCC1Sc1cc(Cl)ccc1Cl. The van der Waals surface area contributed by atoms with E-state index < -0.39 is 0 Å². The van der Waals surface area contributed by atoms with E-state index in [1.54, 1.807) is 0 Å². The van der Waals surface area contributed by atoms with Gasteiger partial charge < -0.3 is 5.32 Å². The molecule has 0 saturated heterocycles. The maximum absolute atomic E-state index is 6.23. The zero-order valence-electron chi connectivity index (χ0n) is 10.6. The highest BCUT2D eigenvalue weighted by molar-refractivity contribution is 8.00. The zero-order valence-corrected chi connectivity index (χ0v) is 12.9. The first-order chi connectivity index (χ1) is 8.70. The second-order valence-electron chi connectivity index (χ2n) is 4.72. The fourth-order valence-corrected chi connectivity index (χ4v) is 4.23. The molecule has 1 aromatic rings. The van der Waals surface area contributed by atoms with Crippen LogP contribution in [0.5, 0.6) is 0 Å². The van der Waals surface area contributed by atoms with E-state index in [-0.39, 0.29) is 0 Å². The topological polar surface area (TPSA) is 12.0 Å². The summed E-state index contributed by atoms with van der Waals surface area (Å²) in [6.45, 7) is 3.31. The van der Waals surface area contributed by atoms with Crippen molar-refractivity contribution in [2.45, 2.75) is 48.8 Å². The summed E-state index contributed by atoms with van der Waals surface area (Å²) in [5.74, 6) is 0. The number of nitrogens with one attached hydrogen (secondary N) is 1. The number of hydrogen-bond donors (Lipinski definition) is 1. The van der Waals surface area contributed by atoms with Gasteiger partial charge in [-0.3, -0.25) is 0 Å².